The molecule has 0 aromatic carbocycles. The lowest BCUT2D eigenvalue weighted by atomic mass is 9.88. The predicted molar refractivity (Wildman–Crippen MR) is 123 cm³/mol. The number of aliphatic hydroxyl groups excluding tert-OH is 2. The maximum absolute atomic E-state index is 12.2. The molecule has 3 N–H and O–H groups in total. The number of nitrogens with zero attached hydrogens (tertiary/aromatic N) is 6. The Morgan fingerprint density at radius 2 is 2.06 bits per heavy atom. The van der Waals surface area contributed by atoms with Crippen LogP contribution < -0.4 is 10.1 Å². The third-order valence-corrected chi connectivity index (χ3v) is 5.21. The molecule has 1 atom stereocenters. The third kappa shape index (κ3) is 5.12. The van der Waals surface area contributed by atoms with Crippen molar-refractivity contribution in [2.75, 3.05) is 6.61 Å². The van der Waals surface area contributed by atoms with Crippen LogP contribution in [0, 0.1) is 0 Å². The molecule has 35 heavy (non-hydrogen) atoms. The van der Waals surface area contributed by atoms with Crippen LogP contribution in [0.5, 0.6) is 5.88 Å². The van der Waals surface area contributed by atoms with Gasteiger partial charge in [0.25, 0.3) is 5.91 Å². The summed E-state index contributed by atoms with van der Waals surface area (Å²) in [7, 11) is 0. The summed E-state index contributed by atoms with van der Waals surface area (Å²) >= 11 is 0. The van der Waals surface area contributed by atoms with Crippen molar-refractivity contribution in [3.63, 3.8) is 0 Å². The van der Waals surface area contributed by atoms with E-state index >= 15 is 0 Å². The highest BCUT2D eigenvalue weighted by molar-refractivity contribution is 5.94. The van der Waals surface area contributed by atoms with E-state index in [1.165, 1.54) is 6.20 Å². The molecule has 0 aliphatic carbocycles. The molecule has 4 aromatic heterocycles. The summed E-state index contributed by atoms with van der Waals surface area (Å²) < 4.78 is 12.7. The minimum absolute atomic E-state index is 0.122. The second-order valence-electron chi connectivity index (χ2n) is 9.12. The fraction of sp³-hybridized carbons (Fsp3) is 0.391. The third-order valence-electron chi connectivity index (χ3n) is 5.21. The standard InChI is InChI=1S/C23H27N7O5/c1-13(10-31)26-21(33)14-5-6-15(24-8-14)12-34-22-19(23(2,3)4)18-9-25-27-20(30(18)28-22)17-7-16(11-32)35-29-17/h5-9,13,31-32H,10-12H2,1-4H3,(H,26,33)/t13-/m1/s1. The first-order chi connectivity index (χ1) is 16.7. The van der Waals surface area contributed by atoms with Crippen molar-refractivity contribution in [1.82, 2.24) is 35.3 Å². The average Bonchev–Trinajstić information content (AvgIpc) is 3.47. The van der Waals surface area contributed by atoms with Crippen molar-refractivity contribution in [1.29, 1.82) is 0 Å². The summed E-state index contributed by atoms with van der Waals surface area (Å²) in [5.41, 5.74) is 2.56. The van der Waals surface area contributed by atoms with Crippen LogP contribution in [0.3, 0.4) is 0 Å². The Morgan fingerprint density at radius 3 is 2.69 bits per heavy atom. The van der Waals surface area contributed by atoms with Crippen molar-refractivity contribution in [3.8, 4) is 17.4 Å². The van der Waals surface area contributed by atoms with Gasteiger partial charge in [0, 0.05) is 23.9 Å². The maximum atomic E-state index is 12.2. The lowest BCUT2D eigenvalue weighted by Gasteiger charge is -2.18. The Labute approximate surface area is 201 Å². The Morgan fingerprint density at radius 1 is 1.26 bits per heavy atom. The molecule has 1 amide bonds. The number of amides is 1. The molecule has 0 aliphatic heterocycles. The SMILES string of the molecule is C[C@H](CO)NC(=O)c1ccc(COc2nn3c(-c4cc(CO)on4)nncc3c2C(C)(C)C)nc1. The van der Waals surface area contributed by atoms with Crippen LogP contribution in [0.25, 0.3) is 17.0 Å². The van der Waals surface area contributed by atoms with Gasteiger partial charge in [-0.2, -0.15) is 5.10 Å². The van der Waals surface area contributed by atoms with E-state index in [-0.39, 0.29) is 37.2 Å². The molecule has 4 heterocycles. The number of fused-ring (bicyclic) bond motifs is 1. The maximum Gasteiger partial charge on any atom is 0.253 e. The summed E-state index contributed by atoms with van der Waals surface area (Å²) in [6.45, 7) is 7.51. The minimum Gasteiger partial charge on any atom is -0.470 e. The Bertz CT molecular complexity index is 1320. The van der Waals surface area contributed by atoms with E-state index in [9.17, 15) is 9.90 Å². The summed E-state index contributed by atoms with van der Waals surface area (Å²) in [5.74, 6) is 0.718. The highest BCUT2D eigenvalue weighted by atomic mass is 16.5. The van der Waals surface area contributed by atoms with E-state index < -0.39 is 0 Å². The van der Waals surface area contributed by atoms with E-state index in [0.717, 1.165) is 5.56 Å². The van der Waals surface area contributed by atoms with Gasteiger partial charge in [0.05, 0.1) is 29.6 Å². The van der Waals surface area contributed by atoms with Crippen molar-refractivity contribution in [2.45, 2.75) is 52.4 Å². The topological polar surface area (TPSA) is 161 Å². The summed E-state index contributed by atoms with van der Waals surface area (Å²) in [6.07, 6.45) is 3.07. The number of rotatable bonds is 8. The summed E-state index contributed by atoms with van der Waals surface area (Å²) in [5, 5.41) is 37.9. The van der Waals surface area contributed by atoms with Crippen molar-refractivity contribution >= 4 is 11.4 Å². The number of aromatic nitrogens is 6. The van der Waals surface area contributed by atoms with Gasteiger partial charge in [-0.1, -0.05) is 25.9 Å². The van der Waals surface area contributed by atoms with Gasteiger partial charge in [-0.15, -0.1) is 10.2 Å². The monoisotopic (exact) mass is 481 g/mol. The number of hydrogen-bond donors (Lipinski definition) is 3. The Balaban J connectivity index is 1.61. The quantitative estimate of drug-likeness (QED) is 0.337. The van der Waals surface area contributed by atoms with Crippen LogP contribution in [0.15, 0.2) is 35.1 Å². The molecule has 0 bridgehead atoms. The Hall–Kier alpha value is -3.90. The zero-order valence-electron chi connectivity index (χ0n) is 19.9. The largest absolute Gasteiger partial charge is 0.470 e. The first-order valence-corrected chi connectivity index (χ1v) is 11.0. The van der Waals surface area contributed by atoms with Crippen LogP contribution in [-0.4, -0.2) is 58.7 Å². The normalized spacial score (nSPS) is 12.6. The van der Waals surface area contributed by atoms with E-state index in [1.54, 1.807) is 35.8 Å². The fourth-order valence-corrected chi connectivity index (χ4v) is 3.47. The van der Waals surface area contributed by atoms with Gasteiger partial charge >= 0.3 is 0 Å². The number of nitrogens with one attached hydrogen (secondary N) is 1. The second kappa shape index (κ2) is 9.76. The molecule has 12 nitrogen and oxygen atoms in total. The van der Waals surface area contributed by atoms with E-state index in [0.29, 0.717) is 39.9 Å². The van der Waals surface area contributed by atoms with Crippen molar-refractivity contribution in [2.24, 2.45) is 0 Å². The molecule has 4 aromatic rings. The van der Waals surface area contributed by atoms with Gasteiger partial charge in [-0.25, -0.2) is 4.52 Å². The van der Waals surface area contributed by atoms with E-state index in [1.807, 2.05) is 20.8 Å². The summed E-state index contributed by atoms with van der Waals surface area (Å²) in [4.78, 5) is 16.5. The van der Waals surface area contributed by atoms with Gasteiger partial charge < -0.3 is 24.8 Å². The molecular weight excluding hydrogens is 454 g/mol. The number of ether oxygens (including phenoxy) is 1. The van der Waals surface area contributed by atoms with Crippen LogP contribution in [0.4, 0.5) is 0 Å². The number of carbonyl (C=O) groups is 1. The lowest BCUT2D eigenvalue weighted by molar-refractivity contribution is 0.0922. The van der Waals surface area contributed by atoms with Crippen LogP contribution in [0.1, 0.15) is 55.1 Å². The Kier molecular flexibility index (Phi) is 6.76. The first kappa shape index (κ1) is 24.2. The van der Waals surface area contributed by atoms with Crippen LogP contribution in [0.2, 0.25) is 0 Å². The average molecular weight is 482 g/mol. The molecular formula is C23H27N7O5. The zero-order valence-corrected chi connectivity index (χ0v) is 19.9. The van der Waals surface area contributed by atoms with Crippen LogP contribution in [-0.2, 0) is 18.6 Å². The molecule has 0 saturated heterocycles. The molecule has 0 saturated carbocycles. The molecule has 4 rings (SSSR count). The van der Waals surface area contributed by atoms with Gasteiger partial charge in [0.1, 0.15) is 13.2 Å². The highest BCUT2D eigenvalue weighted by Gasteiger charge is 2.28. The highest BCUT2D eigenvalue weighted by Crippen LogP contribution is 2.36. The summed E-state index contributed by atoms with van der Waals surface area (Å²) in [6, 6.07) is 4.57. The second-order valence-corrected chi connectivity index (χ2v) is 9.12. The number of pyridine rings is 1. The van der Waals surface area contributed by atoms with Gasteiger partial charge in [0.2, 0.25) is 11.7 Å². The molecule has 0 radical (unpaired) electrons. The number of carbonyl (C=O) groups excluding carboxylic acids is 1. The van der Waals surface area contributed by atoms with Crippen molar-refractivity contribution < 1.29 is 24.3 Å². The molecule has 184 valence electrons. The predicted octanol–water partition coefficient (Wildman–Crippen LogP) is 1.65. The molecule has 0 aliphatic rings. The number of hydrogen-bond acceptors (Lipinski definition) is 10. The van der Waals surface area contributed by atoms with Gasteiger partial charge in [-0.3, -0.25) is 9.78 Å². The molecule has 12 heteroatoms. The molecule has 0 unspecified atom stereocenters. The zero-order chi connectivity index (χ0) is 25.2. The van der Waals surface area contributed by atoms with Crippen molar-refractivity contribution in [3.05, 3.63) is 53.2 Å². The van der Waals surface area contributed by atoms with Crippen LogP contribution >= 0.6 is 0 Å². The fourth-order valence-electron chi connectivity index (χ4n) is 3.47. The van der Waals surface area contributed by atoms with E-state index in [4.69, 9.17) is 14.4 Å². The first-order valence-electron chi connectivity index (χ1n) is 11.0. The smallest absolute Gasteiger partial charge is 0.253 e. The molecule has 0 fully saturated rings. The van der Waals surface area contributed by atoms with Gasteiger partial charge in [0.15, 0.2) is 11.5 Å². The number of aliphatic hydroxyl groups is 2. The van der Waals surface area contributed by atoms with E-state index in [2.05, 4.69) is 30.8 Å². The minimum atomic E-state index is -0.349. The lowest BCUT2D eigenvalue weighted by Crippen LogP contribution is -2.35. The van der Waals surface area contributed by atoms with Gasteiger partial charge in [-0.05, 0) is 24.5 Å². The molecule has 0 spiro atoms.